The molecule has 1 saturated heterocycles. The van der Waals surface area contributed by atoms with Gasteiger partial charge in [-0.25, -0.2) is 4.39 Å². The average molecular weight is 574 g/mol. The summed E-state index contributed by atoms with van der Waals surface area (Å²) in [5.41, 5.74) is 5.48. The number of rotatable bonds is 10. The van der Waals surface area contributed by atoms with Crippen molar-refractivity contribution in [1.29, 1.82) is 0 Å². The molecule has 0 spiro atoms. The average Bonchev–Trinajstić information content (AvgIpc) is 3.00. The minimum Gasteiger partial charge on any atom is -0.388 e. The molecule has 0 bridgehead atoms. The van der Waals surface area contributed by atoms with E-state index in [-0.39, 0.29) is 23.7 Å². The molecule has 8 heteroatoms. The Balaban J connectivity index is 1.41. The molecule has 1 N–H and O–H groups in total. The van der Waals surface area contributed by atoms with Crippen LogP contribution in [0.5, 0.6) is 0 Å². The van der Waals surface area contributed by atoms with Crippen LogP contribution < -0.4 is 10.2 Å². The zero-order valence-electron chi connectivity index (χ0n) is 23.2. The van der Waals surface area contributed by atoms with E-state index in [1.165, 1.54) is 26.4 Å². The smallest absolute Gasteiger partial charge is 0.360 e. The van der Waals surface area contributed by atoms with Crippen molar-refractivity contribution in [2.45, 2.75) is 31.9 Å². The molecule has 212 valence electrons. The lowest BCUT2D eigenvalue weighted by molar-refractivity contribution is -0.131. The fraction of sp³-hybridized carbons (Fsp3) is 0.242. The zero-order valence-corrected chi connectivity index (χ0v) is 24.1. The van der Waals surface area contributed by atoms with E-state index in [4.69, 9.17) is 9.05 Å². The van der Waals surface area contributed by atoms with Crippen LogP contribution in [-0.4, -0.2) is 25.2 Å². The van der Waals surface area contributed by atoms with Gasteiger partial charge in [-0.2, -0.15) is 0 Å². The minimum atomic E-state index is -3.33. The van der Waals surface area contributed by atoms with Gasteiger partial charge in [-0.3, -0.25) is 9.36 Å². The predicted octanol–water partition coefficient (Wildman–Crippen LogP) is 7.13. The molecule has 41 heavy (non-hydrogen) atoms. The molecule has 1 amide bonds. The molecule has 1 aliphatic heterocycles. The molecule has 4 aromatic carbocycles. The van der Waals surface area contributed by atoms with Gasteiger partial charge in [0.25, 0.3) is 0 Å². The summed E-state index contributed by atoms with van der Waals surface area (Å²) in [6.07, 6.45) is 0.0951. The molecule has 1 aliphatic rings. The highest BCUT2D eigenvalue weighted by atomic mass is 31.2. The highest BCUT2D eigenvalue weighted by Crippen LogP contribution is 2.48. The van der Waals surface area contributed by atoms with Crippen LogP contribution >= 0.6 is 7.60 Å². The summed E-state index contributed by atoms with van der Waals surface area (Å²) in [6, 6.07) is 28.7. The first-order valence-corrected chi connectivity index (χ1v) is 15.0. The van der Waals surface area contributed by atoms with Gasteiger partial charge in [0, 0.05) is 19.9 Å². The second-order valence-electron chi connectivity index (χ2n) is 10.2. The first-order valence-electron chi connectivity index (χ1n) is 13.5. The maximum atomic E-state index is 13.5. The molecule has 0 unspecified atom stereocenters. The molecular weight excluding hydrogens is 540 g/mol. The Morgan fingerprint density at radius 3 is 2.15 bits per heavy atom. The van der Waals surface area contributed by atoms with E-state index in [1.54, 1.807) is 24.3 Å². The van der Waals surface area contributed by atoms with Crippen LogP contribution in [0, 0.1) is 18.7 Å². The number of aliphatic hydroxyl groups excluding tert-OH is 1. The normalized spacial score (nSPS) is 17.8. The van der Waals surface area contributed by atoms with Gasteiger partial charge in [0.15, 0.2) is 0 Å². The summed E-state index contributed by atoms with van der Waals surface area (Å²) < 4.78 is 36.2. The lowest BCUT2D eigenvalue weighted by Gasteiger charge is -2.48. The highest BCUT2D eigenvalue weighted by Gasteiger charge is 2.48. The largest absolute Gasteiger partial charge is 0.388 e. The van der Waals surface area contributed by atoms with Crippen molar-refractivity contribution in [3.63, 3.8) is 0 Å². The lowest BCUT2D eigenvalue weighted by atomic mass is 9.76. The van der Waals surface area contributed by atoms with E-state index in [1.807, 2.05) is 60.4 Å². The Labute approximate surface area is 239 Å². The van der Waals surface area contributed by atoms with E-state index < -0.39 is 13.7 Å². The number of hydrogen-bond acceptors (Lipinski definition) is 5. The number of halogens is 1. The number of carbonyl (C=O) groups is 1. The van der Waals surface area contributed by atoms with Gasteiger partial charge >= 0.3 is 7.60 Å². The second kappa shape index (κ2) is 12.1. The van der Waals surface area contributed by atoms with Crippen molar-refractivity contribution in [3.05, 3.63) is 120 Å². The van der Waals surface area contributed by atoms with Gasteiger partial charge in [0.2, 0.25) is 5.91 Å². The van der Waals surface area contributed by atoms with E-state index in [2.05, 4.69) is 12.1 Å². The van der Waals surface area contributed by atoms with Crippen molar-refractivity contribution in [2.24, 2.45) is 5.92 Å². The van der Waals surface area contributed by atoms with Crippen LogP contribution in [0.4, 0.5) is 10.1 Å². The third-order valence-electron chi connectivity index (χ3n) is 7.84. The third-order valence-corrected chi connectivity index (χ3v) is 9.73. The Kier molecular flexibility index (Phi) is 8.52. The van der Waals surface area contributed by atoms with E-state index in [0.717, 1.165) is 27.9 Å². The quantitative estimate of drug-likeness (QED) is 0.161. The number of aryl methyl sites for hydroxylation is 1. The predicted molar refractivity (Wildman–Crippen MR) is 159 cm³/mol. The number of anilines is 1. The van der Waals surface area contributed by atoms with Crippen molar-refractivity contribution >= 4 is 24.5 Å². The molecule has 1 fully saturated rings. The molecule has 0 radical (unpaired) electrons. The van der Waals surface area contributed by atoms with Gasteiger partial charge in [-0.1, -0.05) is 60.7 Å². The maximum absolute atomic E-state index is 13.5. The van der Waals surface area contributed by atoms with Gasteiger partial charge < -0.3 is 19.1 Å². The van der Waals surface area contributed by atoms with Crippen LogP contribution in [0.3, 0.4) is 0 Å². The van der Waals surface area contributed by atoms with E-state index in [0.29, 0.717) is 23.7 Å². The van der Waals surface area contributed by atoms with Gasteiger partial charge in [0.1, 0.15) is 5.82 Å². The minimum absolute atomic E-state index is 0.0206. The van der Waals surface area contributed by atoms with Crippen molar-refractivity contribution in [2.75, 3.05) is 19.1 Å². The van der Waals surface area contributed by atoms with E-state index >= 15 is 0 Å². The molecule has 5 rings (SSSR count). The molecule has 3 atom stereocenters. The van der Waals surface area contributed by atoms with Crippen LogP contribution in [-0.2, 0) is 18.4 Å². The van der Waals surface area contributed by atoms with Gasteiger partial charge in [0.05, 0.1) is 23.4 Å². The summed E-state index contributed by atoms with van der Waals surface area (Å²) in [7, 11) is -0.605. The van der Waals surface area contributed by atoms with Crippen LogP contribution in [0.1, 0.15) is 41.7 Å². The number of nitrogens with zero attached hydrogens (tertiary/aromatic N) is 1. The topological polar surface area (TPSA) is 76.1 Å². The zero-order chi connectivity index (χ0) is 29.1. The first kappa shape index (κ1) is 28.9. The Morgan fingerprint density at radius 2 is 1.54 bits per heavy atom. The Bertz CT molecular complexity index is 1550. The summed E-state index contributed by atoms with van der Waals surface area (Å²) in [6.45, 7) is 2.04. The third kappa shape index (κ3) is 5.77. The fourth-order valence-electron chi connectivity index (χ4n) is 5.56. The van der Waals surface area contributed by atoms with Crippen molar-refractivity contribution < 1.29 is 27.9 Å². The lowest BCUT2D eigenvalue weighted by Crippen LogP contribution is -2.55. The molecule has 1 heterocycles. The summed E-state index contributed by atoms with van der Waals surface area (Å²) in [5.74, 6) is -0.632. The monoisotopic (exact) mass is 573 g/mol. The molecule has 4 aromatic rings. The molecule has 0 aliphatic carbocycles. The van der Waals surface area contributed by atoms with Gasteiger partial charge in [-0.15, -0.1) is 0 Å². The van der Waals surface area contributed by atoms with Crippen LogP contribution in [0.15, 0.2) is 97.1 Å². The standard InChI is InChI=1S/C33H33FNO5P/c1-22-21-25(23-11-16-28(17-12-23)41(38,39-2)40-3)13-18-29(22)32-30(33(37)35(32)27-7-5-4-6-8-27)19-20-31(36)24-9-14-26(34)15-10-24/h4-18,21,30-32,36H,19-20H2,1-3H3/t30-,31+,32-/m1/s1. The number of hydrogen-bond donors (Lipinski definition) is 1. The van der Waals surface area contributed by atoms with E-state index in [9.17, 15) is 18.9 Å². The molecule has 6 nitrogen and oxygen atoms in total. The maximum Gasteiger partial charge on any atom is 0.360 e. The SMILES string of the molecule is COP(=O)(OC)c1ccc(-c2ccc([C@@H]3[C@@H](CC[C@H](O)c4ccc(F)cc4)C(=O)N3c3ccccc3)c(C)c2)cc1. The number of para-hydroxylation sites is 1. The summed E-state index contributed by atoms with van der Waals surface area (Å²) in [5, 5.41) is 11.2. The van der Waals surface area contributed by atoms with Crippen LogP contribution in [0.25, 0.3) is 11.1 Å². The Hall–Kier alpha value is -3.61. The Morgan fingerprint density at radius 1 is 0.902 bits per heavy atom. The number of amides is 1. The first-order chi connectivity index (χ1) is 19.8. The fourth-order valence-corrected chi connectivity index (χ4v) is 6.65. The number of aliphatic hydroxyl groups is 1. The number of carbonyl (C=O) groups excluding carboxylic acids is 1. The second-order valence-corrected chi connectivity index (χ2v) is 12.5. The number of benzene rings is 4. The molecule has 0 saturated carbocycles. The van der Waals surface area contributed by atoms with Gasteiger partial charge in [-0.05, 0) is 84.0 Å². The molecule has 0 aromatic heterocycles. The number of β-lactam (4-membered cyclic amide) rings is 1. The van der Waals surface area contributed by atoms with Crippen molar-refractivity contribution in [3.8, 4) is 11.1 Å². The molecular formula is C33H33FNO5P. The summed E-state index contributed by atoms with van der Waals surface area (Å²) in [4.78, 5) is 15.3. The highest BCUT2D eigenvalue weighted by molar-refractivity contribution is 7.62. The summed E-state index contributed by atoms with van der Waals surface area (Å²) >= 11 is 0. The van der Waals surface area contributed by atoms with Crippen molar-refractivity contribution in [1.82, 2.24) is 0 Å². The van der Waals surface area contributed by atoms with Crippen LogP contribution in [0.2, 0.25) is 0 Å².